The smallest absolute Gasteiger partial charge is 0.155 e. The van der Waals surface area contributed by atoms with Crippen molar-refractivity contribution in [3.05, 3.63) is 5.82 Å². The summed E-state index contributed by atoms with van der Waals surface area (Å²) in [5, 5.41) is 14.5. The third-order valence-corrected chi connectivity index (χ3v) is 2.27. The van der Waals surface area contributed by atoms with Crippen LogP contribution in [0.5, 0.6) is 0 Å². The topological polar surface area (TPSA) is 55.6 Å². The van der Waals surface area contributed by atoms with Crippen LogP contribution in [-0.4, -0.2) is 33.3 Å². The highest BCUT2D eigenvalue weighted by Gasteiger charge is 2.17. The van der Waals surface area contributed by atoms with Crippen LogP contribution >= 0.6 is 0 Å². The minimum absolute atomic E-state index is 0.329. The maximum absolute atomic E-state index is 3.95. The van der Waals surface area contributed by atoms with Crippen LogP contribution in [0.15, 0.2) is 0 Å². The number of nitrogens with one attached hydrogen (secondary N) is 1. The van der Waals surface area contributed by atoms with E-state index in [-0.39, 0.29) is 0 Å². The van der Waals surface area contributed by atoms with Gasteiger partial charge in [-0.25, -0.2) is 4.68 Å². The molecule has 0 radical (unpaired) electrons. The van der Waals surface area contributed by atoms with E-state index in [4.69, 9.17) is 0 Å². The standard InChI is InChI=1S/C7H15N5/c1-5(6(2)8-3)7-9-10-11-12(7)4/h5-6,8H,1-4H3. The average molecular weight is 169 g/mol. The third-order valence-electron chi connectivity index (χ3n) is 2.27. The molecule has 1 heterocycles. The van der Waals surface area contributed by atoms with Gasteiger partial charge in [0.2, 0.25) is 0 Å². The summed E-state index contributed by atoms with van der Waals surface area (Å²) < 4.78 is 1.71. The maximum atomic E-state index is 3.95. The molecule has 0 saturated heterocycles. The number of nitrogens with zero attached hydrogens (tertiary/aromatic N) is 4. The second-order valence-electron chi connectivity index (χ2n) is 3.03. The van der Waals surface area contributed by atoms with Crippen LogP contribution in [0.1, 0.15) is 25.6 Å². The summed E-state index contributed by atoms with van der Waals surface area (Å²) in [5.41, 5.74) is 0. The van der Waals surface area contributed by atoms with Gasteiger partial charge in [-0.1, -0.05) is 6.92 Å². The minimum atomic E-state index is 0.329. The molecule has 1 aromatic rings. The number of aryl methyl sites for hydroxylation is 1. The van der Waals surface area contributed by atoms with Crippen molar-refractivity contribution >= 4 is 0 Å². The van der Waals surface area contributed by atoms with Gasteiger partial charge in [0.1, 0.15) is 0 Å². The average Bonchev–Trinajstić information content (AvgIpc) is 2.48. The SMILES string of the molecule is CNC(C)C(C)c1nnnn1C. The molecule has 0 aliphatic carbocycles. The highest BCUT2D eigenvalue weighted by molar-refractivity contribution is 4.95. The van der Waals surface area contributed by atoms with Gasteiger partial charge in [-0.05, 0) is 24.4 Å². The number of rotatable bonds is 3. The summed E-state index contributed by atoms with van der Waals surface area (Å²) in [5.74, 6) is 1.24. The molecule has 2 atom stereocenters. The van der Waals surface area contributed by atoms with Crippen molar-refractivity contribution in [1.29, 1.82) is 0 Å². The molecule has 0 bridgehead atoms. The van der Waals surface area contributed by atoms with E-state index in [0.717, 1.165) is 5.82 Å². The molecule has 1 rings (SSSR count). The predicted octanol–water partition coefficient (Wildman–Crippen LogP) is -0.0785. The van der Waals surface area contributed by atoms with E-state index in [2.05, 4.69) is 34.7 Å². The van der Waals surface area contributed by atoms with Gasteiger partial charge in [0.25, 0.3) is 0 Å². The highest BCUT2D eigenvalue weighted by Crippen LogP contribution is 2.13. The molecule has 0 fully saturated rings. The summed E-state index contributed by atoms with van der Waals surface area (Å²) in [4.78, 5) is 0. The fourth-order valence-electron chi connectivity index (χ4n) is 1.10. The zero-order valence-corrected chi connectivity index (χ0v) is 7.94. The van der Waals surface area contributed by atoms with Crippen LogP contribution in [0.2, 0.25) is 0 Å². The summed E-state index contributed by atoms with van der Waals surface area (Å²) in [6, 6.07) is 0.384. The summed E-state index contributed by atoms with van der Waals surface area (Å²) >= 11 is 0. The molecule has 0 aromatic carbocycles. The van der Waals surface area contributed by atoms with Crippen LogP contribution in [0.4, 0.5) is 0 Å². The first-order valence-electron chi connectivity index (χ1n) is 4.06. The van der Waals surface area contributed by atoms with Crippen LogP contribution in [0, 0.1) is 0 Å². The number of tetrazole rings is 1. The molecule has 68 valence electrons. The number of hydrogen-bond donors (Lipinski definition) is 1. The fourth-order valence-corrected chi connectivity index (χ4v) is 1.10. The molecule has 0 saturated carbocycles. The molecule has 2 unspecified atom stereocenters. The molecular weight excluding hydrogens is 154 g/mol. The van der Waals surface area contributed by atoms with E-state index in [1.54, 1.807) is 4.68 Å². The molecule has 0 aliphatic heterocycles. The first-order chi connectivity index (χ1) is 5.66. The van der Waals surface area contributed by atoms with Crippen molar-refractivity contribution in [2.24, 2.45) is 7.05 Å². The first kappa shape index (κ1) is 9.12. The Hall–Kier alpha value is -0.970. The Labute approximate surface area is 72.2 Å². The van der Waals surface area contributed by atoms with Gasteiger partial charge in [0, 0.05) is 19.0 Å². The van der Waals surface area contributed by atoms with Crippen molar-refractivity contribution < 1.29 is 0 Å². The van der Waals surface area contributed by atoms with Crippen molar-refractivity contribution in [3.63, 3.8) is 0 Å². The summed E-state index contributed by atoms with van der Waals surface area (Å²) in [7, 11) is 3.79. The van der Waals surface area contributed by atoms with E-state index in [0.29, 0.717) is 12.0 Å². The Morgan fingerprint density at radius 3 is 2.50 bits per heavy atom. The minimum Gasteiger partial charge on any atom is -0.317 e. The zero-order chi connectivity index (χ0) is 9.14. The number of likely N-dealkylation sites (N-methyl/N-ethyl adjacent to an activating group) is 1. The monoisotopic (exact) mass is 169 g/mol. The Bertz CT molecular complexity index is 244. The lowest BCUT2D eigenvalue weighted by Gasteiger charge is -2.16. The first-order valence-corrected chi connectivity index (χ1v) is 4.06. The Morgan fingerprint density at radius 1 is 1.42 bits per heavy atom. The van der Waals surface area contributed by atoms with Gasteiger partial charge in [-0.3, -0.25) is 0 Å². The van der Waals surface area contributed by atoms with Crippen LogP contribution < -0.4 is 5.32 Å². The second-order valence-corrected chi connectivity index (χ2v) is 3.03. The molecule has 5 nitrogen and oxygen atoms in total. The Morgan fingerprint density at radius 2 is 2.08 bits per heavy atom. The van der Waals surface area contributed by atoms with E-state index in [9.17, 15) is 0 Å². The molecular formula is C7H15N5. The van der Waals surface area contributed by atoms with Crippen LogP contribution in [0.25, 0.3) is 0 Å². The lowest BCUT2D eigenvalue weighted by Crippen LogP contribution is -2.28. The molecule has 12 heavy (non-hydrogen) atoms. The van der Waals surface area contributed by atoms with Crippen molar-refractivity contribution in [1.82, 2.24) is 25.5 Å². The summed E-state index contributed by atoms with van der Waals surface area (Å²) in [6.45, 7) is 4.21. The van der Waals surface area contributed by atoms with E-state index in [1.165, 1.54) is 0 Å². The molecule has 1 aromatic heterocycles. The number of aromatic nitrogens is 4. The molecule has 5 heteroatoms. The largest absolute Gasteiger partial charge is 0.317 e. The normalized spacial score (nSPS) is 16.0. The second kappa shape index (κ2) is 3.62. The van der Waals surface area contributed by atoms with Gasteiger partial charge in [0.05, 0.1) is 0 Å². The van der Waals surface area contributed by atoms with Gasteiger partial charge in [0.15, 0.2) is 5.82 Å². The van der Waals surface area contributed by atoms with Crippen LogP contribution in [0.3, 0.4) is 0 Å². The predicted molar refractivity (Wildman–Crippen MR) is 45.7 cm³/mol. The fraction of sp³-hybridized carbons (Fsp3) is 0.857. The van der Waals surface area contributed by atoms with E-state index < -0.39 is 0 Å². The molecule has 1 N–H and O–H groups in total. The summed E-state index contributed by atoms with van der Waals surface area (Å²) in [6.07, 6.45) is 0. The van der Waals surface area contributed by atoms with E-state index >= 15 is 0 Å². The van der Waals surface area contributed by atoms with E-state index in [1.807, 2.05) is 14.1 Å². The van der Waals surface area contributed by atoms with Crippen molar-refractivity contribution in [3.8, 4) is 0 Å². The van der Waals surface area contributed by atoms with Crippen LogP contribution in [-0.2, 0) is 7.05 Å². The van der Waals surface area contributed by atoms with Crippen molar-refractivity contribution in [2.45, 2.75) is 25.8 Å². The molecule has 0 spiro atoms. The number of hydrogen-bond acceptors (Lipinski definition) is 4. The van der Waals surface area contributed by atoms with Gasteiger partial charge in [-0.2, -0.15) is 0 Å². The van der Waals surface area contributed by atoms with Crippen molar-refractivity contribution in [2.75, 3.05) is 7.05 Å². The highest BCUT2D eigenvalue weighted by atomic mass is 15.5. The lowest BCUT2D eigenvalue weighted by molar-refractivity contribution is 0.485. The molecule has 0 amide bonds. The quantitative estimate of drug-likeness (QED) is 0.687. The lowest BCUT2D eigenvalue weighted by atomic mass is 10.0. The van der Waals surface area contributed by atoms with Gasteiger partial charge in [-0.15, -0.1) is 5.10 Å². The maximum Gasteiger partial charge on any atom is 0.155 e. The zero-order valence-electron chi connectivity index (χ0n) is 7.94. The Kier molecular flexibility index (Phi) is 2.75. The van der Waals surface area contributed by atoms with Gasteiger partial charge >= 0.3 is 0 Å². The third kappa shape index (κ3) is 1.61. The Balaban J connectivity index is 2.77. The molecule has 0 aliphatic rings. The van der Waals surface area contributed by atoms with Gasteiger partial charge < -0.3 is 5.32 Å².